The van der Waals surface area contributed by atoms with Crippen LogP contribution < -0.4 is 0 Å². The van der Waals surface area contributed by atoms with E-state index >= 15 is 0 Å². The molecule has 0 spiro atoms. The summed E-state index contributed by atoms with van der Waals surface area (Å²) in [6.45, 7) is 1.75. The van der Waals surface area contributed by atoms with Crippen molar-refractivity contribution in [3.8, 4) is 11.5 Å². The van der Waals surface area contributed by atoms with Crippen LogP contribution in [0.15, 0.2) is 41.6 Å². The van der Waals surface area contributed by atoms with Gasteiger partial charge in [-0.15, -0.1) is 10.2 Å². The summed E-state index contributed by atoms with van der Waals surface area (Å²) in [5.41, 5.74) is 1.37. The van der Waals surface area contributed by atoms with E-state index in [0.717, 1.165) is 31.0 Å². The predicted octanol–water partition coefficient (Wildman–Crippen LogP) is 1.90. The van der Waals surface area contributed by atoms with Gasteiger partial charge >= 0.3 is 0 Å². The van der Waals surface area contributed by atoms with Crippen LogP contribution in [0.5, 0.6) is 0 Å². The zero-order valence-electron chi connectivity index (χ0n) is 13.0. The molecule has 1 fully saturated rings. The van der Waals surface area contributed by atoms with E-state index in [0.29, 0.717) is 22.9 Å². The highest BCUT2D eigenvalue weighted by Gasteiger charge is 2.18. The van der Waals surface area contributed by atoms with Crippen LogP contribution in [0.25, 0.3) is 17.2 Å². The van der Waals surface area contributed by atoms with Gasteiger partial charge < -0.3 is 4.90 Å². The number of rotatable bonds is 4. The lowest BCUT2D eigenvalue weighted by molar-refractivity contribution is -0.127. The maximum Gasteiger partial charge on any atom is 0.232 e. The van der Waals surface area contributed by atoms with Gasteiger partial charge in [0.05, 0.1) is 5.75 Å². The smallest absolute Gasteiger partial charge is 0.232 e. The minimum Gasteiger partial charge on any atom is -0.342 e. The molecule has 0 aliphatic carbocycles. The summed E-state index contributed by atoms with van der Waals surface area (Å²) < 4.78 is 1.67. The third kappa shape index (κ3) is 2.96. The number of hydrogen-bond acceptors (Lipinski definition) is 6. The second-order valence-corrected chi connectivity index (χ2v) is 6.55. The van der Waals surface area contributed by atoms with Gasteiger partial charge in [0.1, 0.15) is 10.7 Å². The first-order chi connectivity index (χ1) is 11.8. The lowest BCUT2D eigenvalue weighted by Gasteiger charge is -2.14. The fourth-order valence-corrected chi connectivity index (χ4v) is 3.45. The molecule has 0 unspecified atom stereocenters. The SMILES string of the molecule is O=C(CSc1ccc2nnc(-c3ccccn3)n2n1)N1CCCC1. The molecule has 0 N–H and O–H groups in total. The third-order valence-corrected chi connectivity index (χ3v) is 4.84. The summed E-state index contributed by atoms with van der Waals surface area (Å²) in [5, 5.41) is 13.6. The molecule has 0 saturated carbocycles. The van der Waals surface area contributed by atoms with Crippen LogP contribution in [0.3, 0.4) is 0 Å². The highest BCUT2D eigenvalue weighted by molar-refractivity contribution is 7.99. The van der Waals surface area contributed by atoms with Gasteiger partial charge in [0.2, 0.25) is 11.7 Å². The summed E-state index contributed by atoms with van der Waals surface area (Å²) >= 11 is 1.44. The van der Waals surface area contributed by atoms with E-state index in [9.17, 15) is 4.79 Å². The second kappa shape index (κ2) is 6.56. The zero-order chi connectivity index (χ0) is 16.4. The molecule has 0 aromatic carbocycles. The molecule has 4 heterocycles. The molecule has 0 radical (unpaired) electrons. The Balaban J connectivity index is 1.55. The van der Waals surface area contributed by atoms with Crippen LogP contribution in [-0.4, -0.2) is 54.4 Å². The molecule has 0 bridgehead atoms. The Morgan fingerprint density at radius 2 is 2.00 bits per heavy atom. The number of carbonyl (C=O) groups excluding carboxylic acids is 1. The van der Waals surface area contributed by atoms with Crippen LogP contribution >= 0.6 is 11.8 Å². The predicted molar refractivity (Wildman–Crippen MR) is 90.6 cm³/mol. The second-order valence-electron chi connectivity index (χ2n) is 5.56. The van der Waals surface area contributed by atoms with Crippen molar-refractivity contribution in [1.29, 1.82) is 0 Å². The number of hydrogen-bond donors (Lipinski definition) is 0. The Morgan fingerprint density at radius 1 is 1.12 bits per heavy atom. The molecule has 8 heteroatoms. The molecule has 1 saturated heterocycles. The molecule has 4 rings (SSSR count). The molecule has 3 aromatic heterocycles. The first kappa shape index (κ1) is 15.1. The lowest BCUT2D eigenvalue weighted by Crippen LogP contribution is -2.29. The van der Waals surface area contributed by atoms with Gasteiger partial charge in [0.25, 0.3) is 0 Å². The van der Waals surface area contributed by atoms with Gasteiger partial charge in [-0.05, 0) is 37.1 Å². The van der Waals surface area contributed by atoms with Crippen molar-refractivity contribution in [1.82, 2.24) is 29.7 Å². The van der Waals surface area contributed by atoms with E-state index in [-0.39, 0.29) is 5.91 Å². The van der Waals surface area contributed by atoms with E-state index in [4.69, 9.17) is 0 Å². The quantitative estimate of drug-likeness (QED) is 0.675. The summed E-state index contributed by atoms with van der Waals surface area (Å²) in [7, 11) is 0. The topological polar surface area (TPSA) is 76.3 Å². The standard InChI is InChI=1S/C16H16N6OS/c23-15(21-9-3-4-10-21)11-24-14-7-6-13-18-19-16(22(13)20-14)12-5-1-2-8-17-12/h1-2,5-8H,3-4,9-11H2. The van der Waals surface area contributed by atoms with Crippen molar-refractivity contribution in [2.24, 2.45) is 0 Å². The number of pyridine rings is 1. The molecular weight excluding hydrogens is 324 g/mol. The molecule has 1 amide bonds. The lowest BCUT2D eigenvalue weighted by atomic mass is 10.3. The van der Waals surface area contributed by atoms with Crippen LogP contribution in [-0.2, 0) is 4.79 Å². The summed E-state index contributed by atoms with van der Waals surface area (Å²) in [6, 6.07) is 9.35. The van der Waals surface area contributed by atoms with Crippen LogP contribution in [0.2, 0.25) is 0 Å². The monoisotopic (exact) mass is 340 g/mol. The van der Waals surface area contributed by atoms with E-state index in [1.165, 1.54) is 11.8 Å². The molecule has 0 atom stereocenters. The normalized spacial score (nSPS) is 14.4. The van der Waals surface area contributed by atoms with E-state index in [1.54, 1.807) is 10.7 Å². The number of likely N-dealkylation sites (tertiary alicyclic amines) is 1. The Hall–Kier alpha value is -2.48. The van der Waals surface area contributed by atoms with Crippen LogP contribution in [0, 0.1) is 0 Å². The summed E-state index contributed by atoms with van der Waals surface area (Å²) in [5.74, 6) is 1.17. The summed E-state index contributed by atoms with van der Waals surface area (Å²) in [4.78, 5) is 18.4. The molecule has 7 nitrogen and oxygen atoms in total. The van der Waals surface area contributed by atoms with Gasteiger partial charge in [-0.2, -0.15) is 9.61 Å². The first-order valence-corrected chi connectivity index (χ1v) is 8.84. The minimum absolute atomic E-state index is 0.174. The van der Waals surface area contributed by atoms with Crippen molar-refractivity contribution in [3.63, 3.8) is 0 Å². The highest BCUT2D eigenvalue weighted by atomic mass is 32.2. The molecular formula is C16H16N6OS. The van der Waals surface area contributed by atoms with Crippen LogP contribution in [0.4, 0.5) is 0 Å². The van der Waals surface area contributed by atoms with Gasteiger partial charge in [0, 0.05) is 19.3 Å². The Bertz CT molecular complexity index is 859. The van der Waals surface area contributed by atoms with E-state index in [2.05, 4.69) is 20.3 Å². The third-order valence-electron chi connectivity index (χ3n) is 3.93. The molecule has 1 aliphatic rings. The Kier molecular flexibility index (Phi) is 4.12. The van der Waals surface area contributed by atoms with Crippen molar-refractivity contribution < 1.29 is 4.79 Å². The zero-order valence-corrected chi connectivity index (χ0v) is 13.8. The number of aromatic nitrogens is 5. The Labute approximate surface area is 143 Å². The number of nitrogens with zero attached hydrogens (tertiary/aromatic N) is 6. The maximum atomic E-state index is 12.2. The first-order valence-electron chi connectivity index (χ1n) is 7.86. The minimum atomic E-state index is 0.174. The van der Waals surface area contributed by atoms with Crippen LogP contribution in [0.1, 0.15) is 12.8 Å². The van der Waals surface area contributed by atoms with E-state index in [1.807, 2.05) is 35.2 Å². The van der Waals surface area contributed by atoms with Crippen molar-refractivity contribution in [2.75, 3.05) is 18.8 Å². The van der Waals surface area contributed by atoms with Gasteiger partial charge in [-0.25, -0.2) is 0 Å². The van der Waals surface area contributed by atoms with Crippen molar-refractivity contribution >= 4 is 23.3 Å². The van der Waals surface area contributed by atoms with Gasteiger partial charge in [0.15, 0.2) is 5.65 Å². The molecule has 3 aromatic rings. The van der Waals surface area contributed by atoms with E-state index < -0.39 is 0 Å². The average molecular weight is 340 g/mol. The number of amides is 1. The number of thioether (sulfide) groups is 1. The van der Waals surface area contributed by atoms with Gasteiger partial charge in [-0.3, -0.25) is 9.78 Å². The molecule has 24 heavy (non-hydrogen) atoms. The largest absolute Gasteiger partial charge is 0.342 e. The fraction of sp³-hybridized carbons (Fsp3) is 0.312. The molecule has 1 aliphatic heterocycles. The Morgan fingerprint density at radius 3 is 2.79 bits per heavy atom. The average Bonchev–Trinajstić information content (AvgIpc) is 3.30. The van der Waals surface area contributed by atoms with Crippen molar-refractivity contribution in [3.05, 3.63) is 36.5 Å². The fourth-order valence-electron chi connectivity index (χ4n) is 2.70. The van der Waals surface area contributed by atoms with Crippen molar-refractivity contribution in [2.45, 2.75) is 17.9 Å². The molecule has 122 valence electrons. The van der Waals surface area contributed by atoms with Gasteiger partial charge in [-0.1, -0.05) is 17.8 Å². The summed E-state index contributed by atoms with van der Waals surface area (Å²) in [6.07, 6.45) is 3.92. The number of fused-ring (bicyclic) bond motifs is 1. The number of carbonyl (C=O) groups is 1. The maximum absolute atomic E-state index is 12.2. The highest BCUT2D eigenvalue weighted by Crippen LogP contribution is 2.20.